The van der Waals surface area contributed by atoms with E-state index in [9.17, 15) is 13.2 Å². The third kappa shape index (κ3) is 4.64. The van der Waals surface area contributed by atoms with Crippen molar-refractivity contribution in [3.05, 3.63) is 83.4 Å². The summed E-state index contributed by atoms with van der Waals surface area (Å²) in [5, 5.41) is 5.88. The van der Waals surface area contributed by atoms with Gasteiger partial charge in [-0.05, 0) is 60.3 Å². The van der Waals surface area contributed by atoms with Crippen molar-refractivity contribution in [2.24, 2.45) is 0 Å². The van der Waals surface area contributed by atoms with Gasteiger partial charge in [-0.3, -0.25) is 0 Å². The smallest absolute Gasteiger partial charge is 0.310 e. The zero-order chi connectivity index (χ0) is 18.6. The number of hydrogen-bond acceptors (Lipinski definition) is 1. The third-order valence-electron chi connectivity index (χ3n) is 4.62. The van der Waals surface area contributed by atoms with E-state index in [1.807, 2.05) is 12.1 Å². The van der Waals surface area contributed by atoms with Gasteiger partial charge in [0.05, 0.1) is 5.56 Å². The highest BCUT2D eigenvalue weighted by atomic mass is 19.4. The predicted octanol–water partition coefficient (Wildman–Crippen LogP) is 6.14. The van der Waals surface area contributed by atoms with Crippen molar-refractivity contribution >= 4 is 10.8 Å². The van der Waals surface area contributed by atoms with E-state index in [-0.39, 0.29) is 6.04 Å². The minimum Gasteiger partial charge on any atom is -0.310 e. The fraction of sp³-hybridized carbons (Fsp3) is 0.273. The van der Waals surface area contributed by atoms with Gasteiger partial charge in [-0.2, -0.15) is 13.2 Å². The van der Waals surface area contributed by atoms with E-state index in [1.54, 1.807) is 6.07 Å². The summed E-state index contributed by atoms with van der Waals surface area (Å²) in [7, 11) is 0. The van der Waals surface area contributed by atoms with E-state index >= 15 is 0 Å². The first-order valence-electron chi connectivity index (χ1n) is 8.82. The summed E-state index contributed by atoms with van der Waals surface area (Å²) in [4.78, 5) is 0. The average molecular weight is 357 g/mol. The van der Waals surface area contributed by atoms with E-state index in [0.29, 0.717) is 6.42 Å². The Morgan fingerprint density at radius 2 is 1.65 bits per heavy atom. The first-order chi connectivity index (χ1) is 12.4. The van der Waals surface area contributed by atoms with Gasteiger partial charge in [0.2, 0.25) is 0 Å². The summed E-state index contributed by atoms with van der Waals surface area (Å²) >= 11 is 0. The molecule has 0 aliphatic carbocycles. The maximum absolute atomic E-state index is 12.7. The SMILES string of the molecule is CC(NCCCc1cccc(C(F)(F)F)c1)c1ccc2ccccc2c1. The number of benzene rings is 3. The number of alkyl halides is 3. The minimum atomic E-state index is -4.28. The van der Waals surface area contributed by atoms with Crippen LogP contribution in [0.1, 0.15) is 36.1 Å². The van der Waals surface area contributed by atoms with E-state index < -0.39 is 11.7 Å². The highest BCUT2D eigenvalue weighted by Gasteiger charge is 2.30. The van der Waals surface area contributed by atoms with E-state index in [2.05, 4.69) is 42.6 Å². The molecule has 3 rings (SSSR count). The molecule has 26 heavy (non-hydrogen) atoms. The first-order valence-corrected chi connectivity index (χ1v) is 8.82. The zero-order valence-corrected chi connectivity index (χ0v) is 14.7. The van der Waals surface area contributed by atoms with Crippen molar-refractivity contribution in [2.45, 2.75) is 32.0 Å². The van der Waals surface area contributed by atoms with Crippen molar-refractivity contribution in [1.29, 1.82) is 0 Å². The monoisotopic (exact) mass is 357 g/mol. The summed E-state index contributed by atoms with van der Waals surface area (Å²) in [6.45, 7) is 2.86. The summed E-state index contributed by atoms with van der Waals surface area (Å²) in [5.41, 5.74) is 1.36. The van der Waals surface area contributed by atoms with Crippen LogP contribution in [0.15, 0.2) is 66.7 Å². The Balaban J connectivity index is 1.53. The summed E-state index contributed by atoms with van der Waals surface area (Å²) < 4.78 is 38.2. The van der Waals surface area contributed by atoms with Crippen LogP contribution in [0, 0.1) is 0 Å². The van der Waals surface area contributed by atoms with Gasteiger partial charge in [0.25, 0.3) is 0 Å². The number of nitrogens with one attached hydrogen (secondary N) is 1. The number of rotatable bonds is 6. The molecule has 0 spiro atoms. The number of hydrogen-bond donors (Lipinski definition) is 1. The van der Waals surface area contributed by atoms with E-state index in [1.165, 1.54) is 28.5 Å². The molecule has 1 unspecified atom stereocenters. The van der Waals surface area contributed by atoms with Crippen molar-refractivity contribution in [3.8, 4) is 0 Å². The number of aryl methyl sites for hydroxylation is 1. The normalized spacial score (nSPS) is 13.1. The lowest BCUT2D eigenvalue weighted by atomic mass is 10.0. The lowest BCUT2D eigenvalue weighted by molar-refractivity contribution is -0.137. The van der Waals surface area contributed by atoms with Crippen LogP contribution >= 0.6 is 0 Å². The van der Waals surface area contributed by atoms with Crippen molar-refractivity contribution in [2.75, 3.05) is 6.54 Å². The van der Waals surface area contributed by atoms with Crippen LogP contribution in [0.3, 0.4) is 0 Å². The lowest BCUT2D eigenvalue weighted by Crippen LogP contribution is -2.20. The minimum absolute atomic E-state index is 0.195. The predicted molar refractivity (Wildman–Crippen MR) is 100 cm³/mol. The second kappa shape index (κ2) is 7.92. The maximum Gasteiger partial charge on any atom is 0.416 e. The molecule has 0 heterocycles. The maximum atomic E-state index is 12.7. The number of halogens is 3. The molecular weight excluding hydrogens is 335 g/mol. The average Bonchev–Trinajstić information content (AvgIpc) is 2.64. The topological polar surface area (TPSA) is 12.0 Å². The summed E-state index contributed by atoms with van der Waals surface area (Å²) in [6.07, 6.45) is -2.86. The Labute approximate surface area is 151 Å². The number of fused-ring (bicyclic) bond motifs is 1. The Hall–Kier alpha value is -2.33. The molecule has 0 aromatic heterocycles. The van der Waals surface area contributed by atoms with Crippen molar-refractivity contribution < 1.29 is 13.2 Å². The van der Waals surface area contributed by atoms with Gasteiger partial charge in [0.1, 0.15) is 0 Å². The van der Waals surface area contributed by atoms with Crippen LogP contribution in [0.25, 0.3) is 10.8 Å². The summed E-state index contributed by atoms with van der Waals surface area (Å²) in [5.74, 6) is 0. The van der Waals surface area contributed by atoms with Crippen LogP contribution < -0.4 is 5.32 Å². The van der Waals surface area contributed by atoms with Gasteiger partial charge in [0, 0.05) is 6.04 Å². The van der Waals surface area contributed by atoms with Crippen LogP contribution in [0.4, 0.5) is 13.2 Å². The Bertz CT molecular complexity index is 870. The lowest BCUT2D eigenvalue weighted by Gasteiger charge is -2.15. The Morgan fingerprint density at radius 3 is 2.42 bits per heavy atom. The molecule has 1 atom stereocenters. The molecule has 3 aromatic rings. The van der Waals surface area contributed by atoms with Gasteiger partial charge in [0.15, 0.2) is 0 Å². The molecule has 1 N–H and O–H groups in total. The van der Waals surface area contributed by atoms with Gasteiger partial charge >= 0.3 is 6.18 Å². The molecule has 4 heteroatoms. The highest BCUT2D eigenvalue weighted by Crippen LogP contribution is 2.29. The fourth-order valence-electron chi connectivity index (χ4n) is 3.11. The van der Waals surface area contributed by atoms with Gasteiger partial charge in [-0.1, -0.05) is 54.6 Å². The second-order valence-electron chi connectivity index (χ2n) is 6.58. The van der Waals surface area contributed by atoms with Crippen LogP contribution in [0.2, 0.25) is 0 Å². The first kappa shape index (κ1) is 18.5. The van der Waals surface area contributed by atoms with Crippen LogP contribution in [-0.4, -0.2) is 6.54 Å². The largest absolute Gasteiger partial charge is 0.416 e. The molecule has 3 aromatic carbocycles. The fourth-order valence-corrected chi connectivity index (χ4v) is 3.11. The van der Waals surface area contributed by atoms with E-state index in [0.717, 1.165) is 24.6 Å². The Kier molecular flexibility index (Phi) is 5.62. The molecule has 0 fully saturated rings. The van der Waals surface area contributed by atoms with Gasteiger partial charge < -0.3 is 5.32 Å². The van der Waals surface area contributed by atoms with Crippen molar-refractivity contribution in [1.82, 2.24) is 5.32 Å². The molecule has 0 aliphatic rings. The van der Waals surface area contributed by atoms with Gasteiger partial charge in [-0.15, -0.1) is 0 Å². The molecule has 0 amide bonds. The third-order valence-corrected chi connectivity index (χ3v) is 4.62. The quantitative estimate of drug-likeness (QED) is 0.522. The van der Waals surface area contributed by atoms with Crippen LogP contribution in [-0.2, 0) is 12.6 Å². The van der Waals surface area contributed by atoms with Crippen LogP contribution in [0.5, 0.6) is 0 Å². The highest BCUT2D eigenvalue weighted by molar-refractivity contribution is 5.83. The molecule has 0 aliphatic heterocycles. The second-order valence-corrected chi connectivity index (χ2v) is 6.58. The molecule has 0 saturated carbocycles. The van der Waals surface area contributed by atoms with E-state index in [4.69, 9.17) is 0 Å². The zero-order valence-electron chi connectivity index (χ0n) is 14.7. The summed E-state index contributed by atoms with van der Waals surface area (Å²) in [6, 6.07) is 20.4. The van der Waals surface area contributed by atoms with Gasteiger partial charge in [-0.25, -0.2) is 0 Å². The molecule has 0 bridgehead atoms. The molecule has 136 valence electrons. The Morgan fingerprint density at radius 1 is 0.885 bits per heavy atom. The van der Waals surface area contributed by atoms with Crippen molar-refractivity contribution in [3.63, 3.8) is 0 Å². The molecule has 0 saturated heterocycles. The molecule has 1 nitrogen and oxygen atoms in total. The molecular formula is C22H22F3N. The standard InChI is InChI=1S/C22H22F3N/c1-16(19-12-11-18-8-2-3-9-20(18)15-19)26-13-5-7-17-6-4-10-21(14-17)22(23,24)25/h2-4,6,8-12,14-16,26H,5,7,13H2,1H3. The molecule has 0 radical (unpaired) electrons.